The van der Waals surface area contributed by atoms with E-state index in [-0.39, 0.29) is 23.6 Å². The number of aliphatic hydroxyl groups excluding tert-OH is 1. The Morgan fingerprint density at radius 1 is 1.33 bits per heavy atom. The van der Waals surface area contributed by atoms with Crippen molar-refractivity contribution in [2.24, 2.45) is 0 Å². The van der Waals surface area contributed by atoms with Crippen molar-refractivity contribution in [2.75, 3.05) is 6.54 Å². The SMILES string of the molecule is O=C(CCCNC(=O)c1ccco1)N[C@@H]1CCCC[C@H]1O. The fourth-order valence-electron chi connectivity index (χ4n) is 2.50. The smallest absolute Gasteiger partial charge is 0.286 e. The van der Waals surface area contributed by atoms with Crippen LogP contribution in [0, 0.1) is 0 Å². The number of rotatable bonds is 6. The number of aliphatic hydroxyl groups is 1. The summed E-state index contributed by atoms with van der Waals surface area (Å²) in [6, 6.07) is 3.12. The molecule has 0 unspecified atom stereocenters. The average Bonchev–Trinajstić information content (AvgIpc) is 3.00. The van der Waals surface area contributed by atoms with E-state index in [1.54, 1.807) is 12.1 Å². The highest BCUT2D eigenvalue weighted by Crippen LogP contribution is 2.18. The van der Waals surface area contributed by atoms with Crippen LogP contribution in [0.2, 0.25) is 0 Å². The van der Waals surface area contributed by atoms with Gasteiger partial charge in [-0.3, -0.25) is 9.59 Å². The summed E-state index contributed by atoms with van der Waals surface area (Å²) < 4.78 is 4.97. The largest absolute Gasteiger partial charge is 0.459 e. The van der Waals surface area contributed by atoms with Crippen LogP contribution in [0.5, 0.6) is 0 Å². The van der Waals surface area contributed by atoms with Gasteiger partial charge in [-0.15, -0.1) is 0 Å². The van der Waals surface area contributed by atoms with Crippen molar-refractivity contribution in [3.05, 3.63) is 24.2 Å². The molecule has 1 fully saturated rings. The van der Waals surface area contributed by atoms with Crippen LogP contribution in [0.15, 0.2) is 22.8 Å². The van der Waals surface area contributed by atoms with E-state index in [0.29, 0.717) is 19.4 Å². The van der Waals surface area contributed by atoms with Crippen molar-refractivity contribution in [1.82, 2.24) is 10.6 Å². The molecule has 1 saturated carbocycles. The Morgan fingerprint density at radius 2 is 2.14 bits per heavy atom. The van der Waals surface area contributed by atoms with Crippen molar-refractivity contribution in [2.45, 2.75) is 50.7 Å². The van der Waals surface area contributed by atoms with Gasteiger partial charge in [0.15, 0.2) is 5.76 Å². The highest BCUT2D eigenvalue weighted by molar-refractivity contribution is 5.91. The maximum absolute atomic E-state index is 11.8. The van der Waals surface area contributed by atoms with Crippen LogP contribution in [0.4, 0.5) is 0 Å². The molecule has 2 amide bonds. The van der Waals surface area contributed by atoms with Gasteiger partial charge in [-0.25, -0.2) is 0 Å². The maximum Gasteiger partial charge on any atom is 0.286 e. The zero-order chi connectivity index (χ0) is 15.1. The van der Waals surface area contributed by atoms with Gasteiger partial charge in [0.05, 0.1) is 18.4 Å². The van der Waals surface area contributed by atoms with E-state index in [9.17, 15) is 14.7 Å². The van der Waals surface area contributed by atoms with Gasteiger partial charge < -0.3 is 20.2 Å². The number of hydrogen-bond acceptors (Lipinski definition) is 4. The van der Waals surface area contributed by atoms with E-state index in [1.807, 2.05) is 0 Å². The minimum atomic E-state index is -0.429. The first-order chi connectivity index (χ1) is 10.2. The Labute approximate surface area is 123 Å². The van der Waals surface area contributed by atoms with Crippen LogP contribution in [0.1, 0.15) is 49.1 Å². The van der Waals surface area contributed by atoms with Crippen molar-refractivity contribution in [3.8, 4) is 0 Å². The standard InChI is InChI=1S/C15H22N2O4/c18-12-6-2-1-5-11(12)17-14(19)8-3-9-16-15(20)13-7-4-10-21-13/h4,7,10-12,18H,1-3,5-6,8-9H2,(H,16,20)(H,17,19)/t11-,12-/m1/s1. The second-order valence-electron chi connectivity index (χ2n) is 5.36. The fraction of sp³-hybridized carbons (Fsp3) is 0.600. The van der Waals surface area contributed by atoms with Crippen LogP contribution >= 0.6 is 0 Å². The first kappa shape index (κ1) is 15.6. The number of carbonyl (C=O) groups excluding carboxylic acids is 2. The molecule has 6 heteroatoms. The molecule has 2 rings (SSSR count). The summed E-state index contributed by atoms with van der Waals surface area (Å²) in [4.78, 5) is 23.3. The van der Waals surface area contributed by atoms with Gasteiger partial charge in [0.1, 0.15) is 0 Å². The lowest BCUT2D eigenvalue weighted by Crippen LogP contribution is -2.45. The van der Waals surface area contributed by atoms with Gasteiger partial charge in [-0.2, -0.15) is 0 Å². The lowest BCUT2D eigenvalue weighted by Gasteiger charge is -2.28. The molecule has 1 aromatic heterocycles. The quantitative estimate of drug-likeness (QED) is 0.688. The Kier molecular flexibility index (Phi) is 5.80. The molecule has 2 atom stereocenters. The molecule has 6 nitrogen and oxygen atoms in total. The van der Waals surface area contributed by atoms with Gasteiger partial charge in [-0.05, 0) is 31.4 Å². The van der Waals surface area contributed by atoms with Crippen LogP contribution in [-0.4, -0.2) is 35.6 Å². The highest BCUT2D eigenvalue weighted by atomic mass is 16.3. The van der Waals surface area contributed by atoms with E-state index in [4.69, 9.17) is 4.42 Å². The topological polar surface area (TPSA) is 91.6 Å². The normalized spacial score (nSPS) is 21.8. The van der Waals surface area contributed by atoms with Crippen LogP contribution in [0.25, 0.3) is 0 Å². The Balaban J connectivity index is 1.60. The summed E-state index contributed by atoms with van der Waals surface area (Å²) in [7, 11) is 0. The van der Waals surface area contributed by atoms with E-state index in [2.05, 4.69) is 10.6 Å². The summed E-state index contributed by atoms with van der Waals surface area (Å²) in [5.74, 6) is -0.0823. The average molecular weight is 294 g/mol. The Hall–Kier alpha value is -1.82. The zero-order valence-corrected chi connectivity index (χ0v) is 12.0. The van der Waals surface area contributed by atoms with Crippen molar-refractivity contribution in [1.29, 1.82) is 0 Å². The number of nitrogens with one attached hydrogen (secondary N) is 2. The van der Waals surface area contributed by atoms with Crippen molar-refractivity contribution >= 4 is 11.8 Å². The molecule has 0 spiro atoms. The number of hydrogen-bond donors (Lipinski definition) is 3. The summed E-state index contributed by atoms with van der Waals surface area (Å²) in [5, 5.41) is 15.3. The molecular formula is C15H22N2O4. The summed E-state index contributed by atoms with van der Waals surface area (Å²) in [5.41, 5.74) is 0. The van der Waals surface area contributed by atoms with Crippen molar-refractivity contribution in [3.63, 3.8) is 0 Å². The van der Waals surface area contributed by atoms with Gasteiger partial charge in [0.25, 0.3) is 5.91 Å². The van der Waals surface area contributed by atoms with Crippen LogP contribution < -0.4 is 10.6 Å². The second-order valence-corrected chi connectivity index (χ2v) is 5.36. The maximum atomic E-state index is 11.8. The van der Waals surface area contributed by atoms with Gasteiger partial charge in [0.2, 0.25) is 5.91 Å². The Bertz CT molecular complexity index is 458. The molecule has 0 aliphatic heterocycles. The third-order valence-corrected chi connectivity index (χ3v) is 3.69. The molecule has 21 heavy (non-hydrogen) atoms. The molecule has 1 heterocycles. The number of carbonyl (C=O) groups is 2. The minimum Gasteiger partial charge on any atom is -0.459 e. The van der Waals surface area contributed by atoms with E-state index in [1.165, 1.54) is 6.26 Å². The van der Waals surface area contributed by atoms with E-state index < -0.39 is 6.10 Å². The van der Waals surface area contributed by atoms with Gasteiger partial charge in [0, 0.05) is 13.0 Å². The third-order valence-electron chi connectivity index (χ3n) is 3.69. The van der Waals surface area contributed by atoms with Crippen LogP contribution in [0.3, 0.4) is 0 Å². The Morgan fingerprint density at radius 3 is 2.86 bits per heavy atom. The second kappa shape index (κ2) is 7.83. The van der Waals surface area contributed by atoms with Crippen molar-refractivity contribution < 1.29 is 19.1 Å². The molecule has 0 aromatic carbocycles. The van der Waals surface area contributed by atoms with E-state index in [0.717, 1.165) is 25.7 Å². The van der Waals surface area contributed by atoms with Crippen LogP contribution in [-0.2, 0) is 4.79 Å². The molecule has 116 valence electrons. The first-order valence-electron chi connectivity index (χ1n) is 7.46. The molecule has 1 aliphatic carbocycles. The monoisotopic (exact) mass is 294 g/mol. The molecule has 0 saturated heterocycles. The lowest BCUT2D eigenvalue weighted by molar-refractivity contribution is -0.123. The minimum absolute atomic E-state index is 0.0757. The summed E-state index contributed by atoms with van der Waals surface area (Å²) in [6.07, 6.45) is 5.56. The predicted octanol–water partition coefficient (Wildman–Crippen LogP) is 1.21. The molecular weight excluding hydrogens is 272 g/mol. The zero-order valence-electron chi connectivity index (χ0n) is 12.0. The highest BCUT2D eigenvalue weighted by Gasteiger charge is 2.24. The summed E-state index contributed by atoms with van der Waals surface area (Å²) >= 11 is 0. The van der Waals surface area contributed by atoms with E-state index >= 15 is 0 Å². The predicted molar refractivity (Wildman–Crippen MR) is 76.7 cm³/mol. The molecule has 0 bridgehead atoms. The summed E-state index contributed by atoms with van der Waals surface area (Å²) in [6.45, 7) is 0.417. The molecule has 0 radical (unpaired) electrons. The molecule has 3 N–H and O–H groups in total. The lowest BCUT2D eigenvalue weighted by atomic mass is 9.92. The fourth-order valence-corrected chi connectivity index (χ4v) is 2.50. The molecule has 1 aliphatic rings. The molecule has 1 aromatic rings. The first-order valence-corrected chi connectivity index (χ1v) is 7.46. The van der Waals surface area contributed by atoms with Gasteiger partial charge in [-0.1, -0.05) is 12.8 Å². The number of furan rings is 1. The van der Waals surface area contributed by atoms with Gasteiger partial charge >= 0.3 is 0 Å². The number of amides is 2. The third kappa shape index (κ3) is 4.90.